The fraction of sp³-hybridized carbons (Fsp3) is 0.190. The van der Waals surface area contributed by atoms with Crippen LogP contribution in [0.5, 0.6) is 11.5 Å². The predicted molar refractivity (Wildman–Crippen MR) is 110 cm³/mol. The maximum Gasteiger partial charge on any atom is 0.416 e. The summed E-state index contributed by atoms with van der Waals surface area (Å²) in [5, 5.41) is 21.4. The van der Waals surface area contributed by atoms with Crippen molar-refractivity contribution in [2.75, 3.05) is 6.54 Å². The van der Waals surface area contributed by atoms with Gasteiger partial charge < -0.3 is 20.3 Å². The van der Waals surface area contributed by atoms with E-state index in [-0.39, 0.29) is 28.2 Å². The number of rotatable bonds is 4. The number of nitrogens with one attached hydrogen (secondary N) is 1. The highest BCUT2D eigenvalue weighted by molar-refractivity contribution is 6.36. The van der Waals surface area contributed by atoms with Crippen LogP contribution in [0, 0.1) is 0 Å². The molecule has 0 spiro atoms. The number of amides is 1. The van der Waals surface area contributed by atoms with Gasteiger partial charge in [-0.3, -0.25) is 19.0 Å². The molecular formula is C21H14ClF3N2O6. The summed E-state index contributed by atoms with van der Waals surface area (Å²) in [6.45, 7) is -0.992. The highest BCUT2D eigenvalue weighted by Crippen LogP contribution is 2.42. The van der Waals surface area contributed by atoms with E-state index in [2.05, 4.69) is 0 Å². The fourth-order valence-electron chi connectivity index (χ4n) is 3.64. The van der Waals surface area contributed by atoms with E-state index in [0.29, 0.717) is 5.56 Å². The van der Waals surface area contributed by atoms with Crippen molar-refractivity contribution < 1.29 is 37.7 Å². The van der Waals surface area contributed by atoms with Crippen molar-refractivity contribution in [2.45, 2.75) is 18.8 Å². The molecule has 0 aliphatic carbocycles. The topological polar surface area (TPSA) is 118 Å². The summed E-state index contributed by atoms with van der Waals surface area (Å²) in [6, 6.07) is 7.00. The van der Waals surface area contributed by atoms with Crippen molar-refractivity contribution in [3.8, 4) is 11.5 Å². The fourth-order valence-corrected chi connectivity index (χ4v) is 3.88. The van der Waals surface area contributed by atoms with Gasteiger partial charge in [0.25, 0.3) is 11.5 Å². The molecule has 8 nitrogen and oxygen atoms in total. The van der Waals surface area contributed by atoms with Crippen LogP contribution in [-0.4, -0.2) is 33.2 Å². The molecule has 1 aliphatic rings. The van der Waals surface area contributed by atoms with Gasteiger partial charge >= 0.3 is 12.1 Å². The Kier molecular flexibility index (Phi) is 5.44. The van der Waals surface area contributed by atoms with Gasteiger partial charge in [-0.2, -0.15) is 13.2 Å². The van der Waals surface area contributed by atoms with Gasteiger partial charge in [-0.05, 0) is 29.8 Å². The molecule has 1 amide bonds. The average Bonchev–Trinajstić information content (AvgIpc) is 2.75. The smallest absolute Gasteiger partial charge is 0.416 e. The standard InChI is InChI=1S/C21H14ClF3N2O6/c22-11-5-6-12-17-15(11)18(30)16(19(31)26-7-14(28)29)20(32)27(17)8-13(33-12)9-1-3-10(4-2-9)21(23,24)25/h1-6,13,30H,7-8H2,(H,26,31)(H,28,29). The molecule has 3 aromatic rings. The van der Waals surface area contributed by atoms with Crippen LogP contribution < -0.4 is 15.6 Å². The molecule has 12 heteroatoms. The normalized spacial score (nSPS) is 15.2. The molecule has 0 fully saturated rings. The summed E-state index contributed by atoms with van der Waals surface area (Å²) in [5.74, 6) is -3.10. The summed E-state index contributed by atoms with van der Waals surface area (Å²) in [5.41, 5.74) is -2.06. The first kappa shape index (κ1) is 22.5. The Bertz CT molecular complexity index is 1350. The molecule has 2 heterocycles. The molecular weight excluding hydrogens is 469 g/mol. The Hall–Kier alpha value is -3.73. The number of carbonyl (C=O) groups excluding carboxylic acids is 1. The van der Waals surface area contributed by atoms with Gasteiger partial charge in [-0.1, -0.05) is 23.7 Å². The molecule has 0 saturated heterocycles. The molecule has 1 aromatic heterocycles. The maximum absolute atomic E-state index is 13.1. The number of pyridine rings is 1. The van der Waals surface area contributed by atoms with E-state index < -0.39 is 53.1 Å². The third-order valence-electron chi connectivity index (χ3n) is 5.15. The molecule has 3 N–H and O–H groups in total. The number of alkyl halides is 3. The van der Waals surface area contributed by atoms with Gasteiger partial charge in [0.1, 0.15) is 29.7 Å². The van der Waals surface area contributed by atoms with Crippen LogP contribution in [0.2, 0.25) is 5.02 Å². The number of aliphatic carboxylic acids is 1. The molecule has 1 aliphatic heterocycles. The van der Waals surface area contributed by atoms with Crippen molar-refractivity contribution in [3.63, 3.8) is 0 Å². The van der Waals surface area contributed by atoms with Crippen molar-refractivity contribution in [1.82, 2.24) is 9.88 Å². The zero-order chi connectivity index (χ0) is 24.1. The zero-order valence-corrected chi connectivity index (χ0v) is 17.2. The number of nitrogens with zero attached hydrogens (tertiary/aromatic N) is 1. The number of halogens is 4. The monoisotopic (exact) mass is 482 g/mol. The van der Waals surface area contributed by atoms with Crippen LogP contribution in [-0.2, 0) is 17.5 Å². The Labute approximate surface area is 187 Å². The average molecular weight is 483 g/mol. The molecule has 0 saturated carbocycles. The third kappa shape index (κ3) is 3.95. The molecule has 172 valence electrons. The summed E-state index contributed by atoms with van der Waals surface area (Å²) in [7, 11) is 0. The Morgan fingerprint density at radius 3 is 2.45 bits per heavy atom. The third-order valence-corrected chi connectivity index (χ3v) is 5.46. The number of aromatic nitrogens is 1. The number of hydrogen-bond acceptors (Lipinski definition) is 5. The van der Waals surface area contributed by atoms with Crippen molar-refractivity contribution in [2.24, 2.45) is 0 Å². The van der Waals surface area contributed by atoms with E-state index >= 15 is 0 Å². The van der Waals surface area contributed by atoms with E-state index in [0.717, 1.165) is 16.7 Å². The van der Waals surface area contributed by atoms with Crippen LogP contribution in [0.25, 0.3) is 10.9 Å². The Morgan fingerprint density at radius 2 is 1.85 bits per heavy atom. The first-order chi connectivity index (χ1) is 15.5. The number of carboxylic acids is 1. The van der Waals surface area contributed by atoms with E-state index in [9.17, 15) is 32.7 Å². The molecule has 0 radical (unpaired) electrons. The van der Waals surface area contributed by atoms with E-state index in [1.54, 1.807) is 0 Å². The van der Waals surface area contributed by atoms with E-state index in [1.807, 2.05) is 5.32 Å². The lowest BCUT2D eigenvalue weighted by atomic mass is 10.0. The molecule has 1 atom stereocenters. The summed E-state index contributed by atoms with van der Waals surface area (Å²) < 4.78 is 45.6. The van der Waals surface area contributed by atoms with Gasteiger partial charge in [-0.25, -0.2) is 0 Å². The number of carbonyl (C=O) groups is 2. The van der Waals surface area contributed by atoms with Crippen LogP contribution in [0.3, 0.4) is 0 Å². The van der Waals surface area contributed by atoms with Crippen LogP contribution in [0.15, 0.2) is 41.2 Å². The van der Waals surface area contributed by atoms with Gasteiger partial charge in [0.05, 0.1) is 28.0 Å². The zero-order valence-electron chi connectivity index (χ0n) is 16.4. The second-order valence-corrected chi connectivity index (χ2v) is 7.62. The Balaban J connectivity index is 1.83. The maximum atomic E-state index is 13.1. The van der Waals surface area contributed by atoms with Gasteiger partial charge in [-0.15, -0.1) is 0 Å². The minimum absolute atomic E-state index is 0.00358. The number of ether oxygens (including phenoxy) is 1. The summed E-state index contributed by atoms with van der Waals surface area (Å²) >= 11 is 6.19. The number of benzene rings is 2. The van der Waals surface area contributed by atoms with Crippen LogP contribution in [0.4, 0.5) is 13.2 Å². The lowest BCUT2D eigenvalue weighted by molar-refractivity contribution is -0.138. The first-order valence-electron chi connectivity index (χ1n) is 9.40. The SMILES string of the molecule is O=C(O)CNC(=O)c1c(O)c2c(Cl)ccc3c2n(c1=O)CC(c1ccc(C(F)(F)F)cc1)O3. The largest absolute Gasteiger partial charge is 0.506 e. The highest BCUT2D eigenvalue weighted by atomic mass is 35.5. The summed E-state index contributed by atoms with van der Waals surface area (Å²) in [4.78, 5) is 36.4. The Morgan fingerprint density at radius 1 is 1.18 bits per heavy atom. The van der Waals surface area contributed by atoms with Crippen LogP contribution in [0.1, 0.15) is 27.6 Å². The highest BCUT2D eigenvalue weighted by Gasteiger charge is 2.33. The minimum Gasteiger partial charge on any atom is -0.506 e. The quantitative estimate of drug-likeness (QED) is 0.525. The number of hydrogen-bond donors (Lipinski definition) is 3. The van der Waals surface area contributed by atoms with Crippen molar-refractivity contribution in [1.29, 1.82) is 0 Å². The minimum atomic E-state index is -4.52. The van der Waals surface area contributed by atoms with E-state index in [1.165, 1.54) is 24.3 Å². The molecule has 1 unspecified atom stereocenters. The van der Waals surface area contributed by atoms with Crippen LogP contribution >= 0.6 is 11.6 Å². The van der Waals surface area contributed by atoms with Crippen molar-refractivity contribution >= 4 is 34.4 Å². The second-order valence-electron chi connectivity index (χ2n) is 7.21. The molecule has 33 heavy (non-hydrogen) atoms. The van der Waals surface area contributed by atoms with E-state index in [4.69, 9.17) is 21.4 Å². The first-order valence-corrected chi connectivity index (χ1v) is 9.78. The lowest BCUT2D eigenvalue weighted by Gasteiger charge is -2.29. The van der Waals surface area contributed by atoms with Gasteiger partial charge in [0.15, 0.2) is 0 Å². The van der Waals surface area contributed by atoms with Gasteiger partial charge in [0, 0.05) is 0 Å². The molecule has 0 bridgehead atoms. The molecule has 4 rings (SSSR count). The summed E-state index contributed by atoms with van der Waals surface area (Å²) in [6.07, 6.45) is -5.41. The lowest BCUT2D eigenvalue weighted by Crippen LogP contribution is -2.38. The second kappa shape index (κ2) is 8.00. The number of carboxylic acid groups (broad SMARTS) is 1. The molecule has 2 aromatic carbocycles. The van der Waals surface area contributed by atoms with Crippen molar-refractivity contribution in [3.05, 3.63) is 68.5 Å². The number of aromatic hydroxyl groups is 1. The van der Waals surface area contributed by atoms with Gasteiger partial charge in [0.2, 0.25) is 0 Å². The predicted octanol–water partition coefficient (Wildman–Crippen LogP) is 3.33.